The average Bonchev–Trinajstić information content (AvgIpc) is 2.36. The molecule has 2 aromatic rings. The van der Waals surface area contributed by atoms with Crippen molar-refractivity contribution in [3.05, 3.63) is 35.5 Å². The fraction of sp³-hybridized carbons (Fsp3) is 0.167. The second-order valence-electron chi connectivity index (χ2n) is 4.32. The first-order valence-corrected chi connectivity index (χ1v) is 5.66. The van der Waals surface area contributed by atoms with E-state index in [1.807, 2.05) is 0 Å². The van der Waals surface area contributed by atoms with Crippen LogP contribution in [0, 0.1) is 0 Å². The molecule has 0 saturated heterocycles. The third-order valence-corrected chi connectivity index (χ3v) is 2.74. The second kappa shape index (κ2) is 5.04. The molecule has 118 valence electrons. The quantitative estimate of drug-likeness (QED) is 0.789. The van der Waals surface area contributed by atoms with Gasteiger partial charge >= 0.3 is 12.4 Å². The smallest absolute Gasteiger partial charge is 0.383 e. The van der Waals surface area contributed by atoms with Crippen LogP contribution in [0.25, 0.3) is 11.1 Å². The molecular formula is C12H8F6N4. The van der Waals surface area contributed by atoms with Crippen LogP contribution in [0.15, 0.2) is 24.4 Å². The van der Waals surface area contributed by atoms with E-state index in [1.54, 1.807) is 0 Å². The average molecular weight is 322 g/mol. The summed E-state index contributed by atoms with van der Waals surface area (Å²) in [7, 11) is 0. The number of nitrogen functional groups attached to an aromatic ring is 2. The summed E-state index contributed by atoms with van der Waals surface area (Å²) in [6.45, 7) is 0. The van der Waals surface area contributed by atoms with E-state index in [0.29, 0.717) is 12.1 Å². The summed E-state index contributed by atoms with van der Waals surface area (Å²) in [5.74, 6) is -0.566. The Morgan fingerprint density at radius 3 is 1.73 bits per heavy atom. The number of anilines is 2. The Bertz CT molecular complexity index is 675. The van der Waals surface area contributed by atoms with Gasteiger partial charge in [0.1, 0.15) is 5.82 Å². The Balaban J connectivity index is 2.70. The largest absolute Gasteiger partial charge is 0.416 e. The lowest BCUT2D eigenvalue weighted by Gasteiger charge is -2.14. The van der Waals surface area contributed by atoms with Crippen LogP contribution >= 0.6 is 0 Å². The van der Waals surface area contributed by atoms with Gasteiger partial charge in [-0.15, -0.1) is 0 Å². The number of nitrogens with zero attached hydrogens (tertiary/aromatic N) is 2. The van der Waals surface area contributed by atoms with E-state index in [9.17, 15) is 26.3 Å². The van der Waals surface area contributed by atoms with E-state index < -0.39 is 29.0 Å². The number of halogens is 6. The van der Waals surface area contributed by atoms with Crippen LogP contribution in [0.3, 0.4) is 0 Å². The van der Waals surface area contributed by atoms with E-state index in [-0.39, 0.29) is 23.4 Å². The molecule has 0 unspecified atom stereocenters. The van der Waals surface area contributed by atoms with Crippen molar-refractivity contribution >= 4 is 11.8 Å². The predicted octanol–water partition coefficient (Wildman–Crippen LogP) is 3.35. The molecule has 0 amide bonds. The molecule has 0 fully saturated rings. The summed E-state index contributed by atoms with van der Waals surface area (Å²) >= 11 is 0. The Hall–Kier alpha value is -2.52. The SMILES string of the molecule is Nc1ncc(-c2cc(C(F)(F)F)cc(C(F)(F)F)c2)c(N)n1. The Morgan fingerprint density at radius 1 is 0.818 bits per heavy atom. The second-order valence-corrected chi connectivity index (χ2v) is 4.32. The molecule has 0 spiro atoms. The standard InChI is InChI=1S/C12H8F6N4/c13-11(14,15)6-1-5(2-7(3-6)12(16,17)18)8-4-21-10(20)22-9(8)19/h1-4H,(H4,19,20,21,22). The van der Waals surface area contributed by atoms with Gasteiger partial charge in [-0.2, -0.15) is 31.3 Å². The predicted molar refractivity (Wildman–Crippen MR) is 66.3 cm³/mol. The maximum atomic E-state index is 12.8. The first-order valence-electron chi connectivity index (χ1n) is 5.66. The molecule has 10 heteroatoms. The molecule has 0 atom stereocenters. The van der Waals surface area contributed by atoms with E-state index in [4.69, 9.17) is 11.5 Å². The first-order chi connectivity index (χ1) is 9.98. The number of hydrogen-bond acceptors (Lipinski definition) is 4. The molecular weight excluding hydrogens is 314 g/mol. The highest BCUT2D eigenvalue weighted by Gasteiger charge is 2.37. The zero-order valence-electron chi connectivity index (χ0n) is 10.6. The monoisotopic (exact) mass is 322 g/mol. The Labute approximate surface area is 119 Å². The van der Waals surface area contributed by atoms with Crippen LogP contribution in [0.5, 0.6) is 0 Å². The maximum Gasteiger partial charge on any atom is 0.416 e. The number of rotatable bonds is 1. The van der Waals surface area contributed by atoms with E-state index >= 15 is 0 Å². The van der Waals surface area contributed by atoms with Gasteiger partial charge in [-0.3, -0.25) is 0 Å². The van der Waals surface area contributed by atoms with E-state index in [0.717, 1.165) is 6.20 Å². The minimum absolute atomic E-state index is 0.0256. The number of benzene rings is 1. The number of hydrogen-bond donors (Lipinski definition) is 2. The lowest BCUT2D eigenvalue weighted by molar-refractivity contribution is -0.143. The van der Waals surface area contributed by atoms with Crippen molar-refractivity contribution in [1.29, 1.82) is 0 Å². The van der Waals surface area contributed by atoms with Crippen molar-refractivity contribution in [2.75, 3.05) is 11.5 Å². The lowest BCUT2D eigenvalue weighted by atomic mass is 10.0. The third kappa shape index (κ3) is 3.21. The Morgan fingerprint density at radius 2 is 1.32 bits per heavy atom. The van der Waals surface area contributed by atoms with Gasteiger partial charge in [0.15, 0.2) is 0 Å². The molecule has 4 N–H and O–H groups in total. The van der Waals surface area contributed by atoms with E-state index in [1.165, 1.54) is 0 Å². The number of nitrogens with two attached hydrogens (primary N) is 2. The van der Waals surface area contributed by atoms with Crippen molar-refractivity contribution < 1.29 is 26.3 Å². The molecule has 2 rings (SSSR count). The van der Waals surface area contributed by atoms with Gasteiger partial charge in [0.05, 0.1) is 11.1 Å². The van der Waals surface area contributed by atoms with Gasteiger partial charge in [-0.05, 0) is 23.8 Å². The van der Waals surface area contributed by atoms with Gasteiger partial charge in [-0.25, -0.2) is 4.98 Å². The van der Waals surface area contributed by atoms with Crippen molar-refractivity contribution in [3.63, 3.8) is 0 Å². The molecule has 0 saturated carbocycles. The molecule has 1 aromatic carbocycles. The van der Waals surface area contributed by atoms with Crippen LogP contribution in [-0.2, 0) is 12.4 Å². The minimum atomic E-state index is -4.95. The zero-order chi connectivity index (χ0) is 16.7. The maximum absolute atomic E-state index is 12.8. The summed E-state index contributed by atoms with van der Waals surface area (Å²) in [4.78, 5) is 7.04. The van der Waals surface area contributed by atoms with Crippen LogP contribution in [0.2, 0.25) is 0 Å². The van der Waals surface area contributed by atoms with Crippen LogP contribution in [0.1, 0.15) is 11.1 Å². The van der Waals surface area contributed by atoms with Crippen LogP contribution in [0.4, 0.5) is 38.1 Å². The highest BCUT2D eigenvalue weighted by Crippen LogP contribution is 2.39. The van der Waals surface area contributed by atoms with Gasteiger partial charge in [-0.1, -0.05) is 0 Å². The number of aromatic nitrogens is 2. The first kappa shape index (κ1) is 15.9. The van der Waals surface area contributed by atoms with Crippen molar-refractivity contribution in [2.24, 2.45) is 0 Å². The van der Waals surface area contributed by atoms with Gasteiger partial charge in [0.25, 0.3) is 0 Å². The van der Waals surface area contributed by atoms with Gasteiger partial charge in [0, 0.05) is 11.8 Å². The summed E-state index contributed by atoms with van der Waals surface area (Å²) in [6.07, 6.45) is -8.92. The molecule has 0 aliphatic carbocycles. The van der Waals surface area contributed by atoms with Crippen molar-refractivity contribution in [1.82, 2.24) is 9.97 Å². The zero-order valence-corrected chi connectivity index (χ0v) is 10.6. The summed E-state index contributed by atoms with van der Waals surface area (Å²) in [6, 6.07) is 1.11. The summed E-state index contributed by atoms with van der Waals surface area (Å²) in [5.41, 5.74) is 7.24. The van der Waals surface area contributed by atoms with Gasteiger partial charge < -0.3 is 11.5 Å². The van der Waals surface area contributed by atoms with Crippen LogP contribution < -0.4 is 11.5 Å². The molecule has 22 heavy (non-hydrogen) atoms. The van der Waals surface area contributed by atoms with E-state index in [2.05, 4.69) is 9.97 Å². The minimum Gasteiger partial charge on any atom is -0.383 e. The summed E-state index contributed by atoms with van der Waals surface area (Å²) in [5, 5.41) is 0. The molecule has 1 heterocycles. The lowest BCUT2D eigenvalue weighted by Crippen LogP contribution is -2.11. The summed E-state index contributed by atoms with van der Waals surface area (Å²) < 4.78 is 76.6. The molecule has 4 nitrogen and oxygen atoms in total. The highest BCUT2D eigenvalue weighted by molar-refractivity contribution is 5.74. The fourth-order valence-electron chi connectivity index (χ4n) is 1.74. The molecule has 0 bridgehead atoms. The van der Waals surface area contributed by atoms with Crippen molar-refractivity contribution in [2.45, 2.75) is 12.4 Å². The molecule has 0 aliphatic rings. The third-order valence-electron chi connectivity index (χ3n) is 2.74. The molecule has 0 radical (unpaired) electrons. The van der Waals surface area contributed by atoms with Crippen LogP contribution in [-0.4, -0.2) is 9.97 Å². The van der Waals surface area contributed by atoms with Crippen molar-refractivity contribution in [3.8, 4) is 11.1 Å². The fourth-order valence-corrected chi connectivity index (χ4v) is 1.74. The number of alkyl halides is 6. The molecule has 1 aromatic heterocycles. The normalized spacial score (nSPS) is 12.5. The Kier molecular flexibility index (Phi) is 3.63. The topological polar surface area (TPSA) is 77.8 Å². The van der Waals surface area contributed by atoms with Gasteiger partial charge in [0.2, 0.25) is 5.95 Å². The molecule has 0 aliphatic heterocycles. The highest BCUT2D eigenvalue weighted by atomic mass is 19.4.